The summed E-state index contributed by atoms with van der Waals surface area (Å²) in [5.74, 6) is 0.599. The minimum Gasteiger partial charge on any atom is -0.497 e. The van der Waals surface area contributed by atoms with Crippen LogP contribution in [0.5, 0.6) is 5.75 Å². The van der Waals surface area contributed by atoms with Crippen molar-refractivity contribution in [3.05, 3.63) is 118 Å². The van der Waals surface area contributed by atoms with Crippen molar-refractivity contribution in [1.29, 1.82) is 0 Å². The number of methoxy groups -OCH3 is 1. The number of nitrogens with zero attached hydrogens (tertiary/aromatic N) is 3. The van der Waals surface area contributed by atoms with Crippen molar-refractivity contribution in [2.75, 3.05) is 12.4 Å². The molecule has 3 atom stereocenters. The molecule has 1 aliphatic rings. The van der Waals surface area contributed by atoms with E-state index >= 15 is 4.39 Å². The average Bonchev–Trinajstić information content (AvgIpc) is 3.59. The maximum atomic E-state index is 15.8. The molecule has 6 rings (SSSR count). The zero-order valence-corrected chi connectivity index (χ0v) is 24.8. The van der Waals surface area contributed by atoms with Gasteiger partial charge in [-0.1, -0.05) is 93.6 Å². The van der Waals surface area contributed by atoms with Crippen LogP contribution >= 0.6 is 0 Å². The number of aromatic nitrogens is 4. The van der Waals surface area contributed by atoms with Gasteiger partial charge < -0.3 is 14.8 Å². The first kappa shape index (κ1) is 28.6. The lowest BCUT2D eigenvalue weighted by Crippen LogP contribution is -2.39. The van der Waals surface area contributed by atoms with Gasteiger partial charge in [0.1, 0.15) is 11.3 Å². The lowest BCUT2D eigenvalue weighted by atomic mass is 9.77. The van der Waals surface area contributed by atoms with Gasteiger partial charge in [-0.05, 0) is 41.7 Å². The maximum absolute atomic E-state index is 15.8. The standard InChI is InChI=1S/C34H36FN5O3/c1-5-33(6-2)22(3)27(35)31(43-33)40-21-36-28-29(40)37-32(38-30(28)41)39-34(23-13-9-7-10-14-23,24-15-11-8-12-16-24)25-17-19-26(42-4)20-18-25/h7-22,27,31H,5-6H2,1-4H3,(H2,37,38,39,41)/t22-,27+,31+/m0/s1. The van der Waals surface area contributed by atoms with Crippen molar-refractivity contribution in [2.24, 2.45) is 5.92 Å². The van der Waals surface area contributed by atoms with E-state index in [0.717, 1.165) is 22.4 Å². The Morgan fingerprint density at radius 3 is 2.09 bits per heavy atom. The molecule has 3 heterocycles. The molecule has 0 bridgehead atoms. The molecule has 0 unspecified atom stereocenters. The summed E-state index contributed by atoms with van der Waals surface area (Å²) >= 11 is 0. The van der Waals surface area contributed by atoms with E-state index in [2.05, 4.69) is 15.3 Å². The molecule has 0 amide bonds. The number of ether oxygens (including phenoxy) is 2. The van der Waals surface area contributed by atoms with E-state index in [4.69, 9.17) is 14.5 Å². The summed E-state index contributed by atoms with van der Waals surface area (Å²) in [5, 5.41) is 3.59. The highest BCUT2D eigenvalue weighted by molar-refractivity contribution is 5.71. The minimum atomic E-state index is -1.29. The van der Waals surface area contributed by atoms with Crippen molar-refractivity contribution in [2.45, 2.75) is 57.2 Å². The Hall–Kier alpha value is -4.50. The highest BCUT2D eigenvalue weighted by Crippen LogP contribution is 2.47. The smallest absolute Gasteiger partial charge is 0.280 e. The summed E-state index contributed by atoms with van der Waals surface area (Å²) in [7, 11) is 1.63. The van der Waals surface area contributed by atoms with Crippen LogP contribution in [-0.4, -0.2) is 38.4 Å². The molecule has 3 aromatic carbocycles. The Bertz CT molecular complexity index is 1710. The lowest BCUT2D eigenvalue weighted by Gasteiger charge is -2.37. The fourth-order valence-corrected chi connectivity index (χ4v) is 6.50. The number of H-pyrrole nitrogens is 1. The van der Waals surface area contributed by atoms with E-state index in [9.17, 15) is 4.79 Å². The second-order valence-electron chi connectivity index (χ2n) is 11.1. The SMILES string of the molecule is CCC1(CC)O[C@@H](n2cnc3c(=O)[nH]c(NC(c4ccccc4)(c4ccccc4)c4ccc(OC)cc4)nc32)[C@H](F)[C@@H]1C. The van der Waals surface area contributed by atoms with Gasteiger partial charge in [-0.25, -0.2) is 9.37 Å². The molecule has 9 heteroatoms. The summed E-state index contributed by atoms with van der Waals surface area (Å²) in [4.78, 5) is 25.5. The first-order chi connectivity index (χ1) is 20.9. The van der Waals surface area contributed by atoms with Gasteiger partial charge in [-0.3, -0.25) is 14.3 Å². The number of rotatable bonds is 9. The maximum Gasteiger partial charge on any atom is 0.280 e. The number of imidazole rings is 1. The minimum absolute atomic E-state index is 0.119. The number of hydrogen-bond donors (Lipinski definition) is 2. The van der Waals surface area contributed by atoms with E-state index in [1.165, 1.54) is 6.33 Å². The molecule has 1 fully saturated rings. The third kappa shape index (κ3) is 4.68. The van der Waals surface area contributed by atoms with Gasteiger partial charge in [-0.15, -0.1) is 0 Å². The first-order valence-corrected chi connectivity index (χ1v) is 14.7. The van der Waals surface area contributed by atoms with Gasteiger partial charge in [0.15, 0.2) is 23.6 Å². The predicted octanol–water partition coefficient (Wildman–Crippen LogP) is 6.59. The highest BCUT2D eigenvalue weighted by Gasteiger charge is 2.52. The van der Waals surface area contributed by atoms with E-state index < -0.39 is 29.1 Å². The Morgan fingerprint density at radius 1 is 0.977 bits per heavy atom. The second kappa shape index (κ2) is 11.3. The van der Waals surface area contributed by atoms with E-state index in [-0.39, 0.29) is 23.0 Å². The number of anilines is 1. The summed E-state index contributed by atoms with van der Waals surface area (Å²) < 4.78 is 29.2. The average molecular weight is 582 g/mol. The van der Waals surface area contributed by atoms with Crippen molar-refractivity contribution < 1.29 is 13.9 Å². The number of halogens is 1. The van der Waals surface area contributed by atoms with Gasteiger partial charge in [0.05, 0.1) is 19.0 Å². The van der Waals surface area contributed by atoms with E-state index in [1.54, 1.807) is 11.7 Å². The number of benzene rings is 3. The molecule has 0 aliphatic carbocycles. The van der Waals surface area contributed by atoms with Gasteiger partial charge in [0.2, 0.25) is 5.95 Å². The van der Waals surface area contributed by atoms with Crippen molar-refractivity contribution in [3.63, 3.8) is 0 Å². The Morgan fingerprint density at radius 2 is 1.56 bits per heavy atom. The zero-order chi connectivity index (χ0) is 30.2. The highest BCUT2D eigenvalue weighted by atomic mass is 19.1. The van der Waals surface area contributed by atoms with Crippen LogP contribution in [0.4, 0.5) is 10.3 Å². The molecule has 2 aromatic heterocycles. The summed E-state index contributed by atoms with van der Waals surface area (Å²) in [6, 6.07) is 27.7. The van der Waals surface area contributed by atoms with Crippen molar-refractivity contribution in [1.82, 2.24) is 19.5 Å². The molecule has 1 aliphatic heterocycles. The van der Waals surface area contributed by atoms with Crippen molar-refractivity contribution >= 4 is 17.1 Å². The third-order valence-corrected chi connectivity index (χ3v) is 9.08. The topological polar surface area (TPSA) is 94.1 Å². The van der Waals surface area contributed by atoms with Crippen LogP contribution in [0.1, 0.15) is 56.5 Å². The molecule has 2 N–H and O–H groups in total. The molecule has 5 aromatic rings. The van der Waals surface area contributed by atoms with Gasteiger partial charge in [0.25, 0.3) is 5.56 Å². The molecular weight excluding hydrogens is 545 g/mol. The monoisotopic (exact) mass is 581 g/mol. The molecule has 0 saturated carbocycles. The van der Waals surface area contributed by atoms with Crippen LogP contribution in [0.15, 0.2) is 96.1 Å². The fraction of sp³-hybridized carbons (Fsp3) is 0.324. The van der Waals surface area contributed by atoms with Crippen LogP contribution in [0, 0.1) is 5.92 Å². The summed E-state index contributed by atoms with van der Waals surface area (Å²) in [6.07, 6.45) is 0.562. The number of alkyl halides is 1. The quantitative estimate of drug-likeness (QED) is 0.191. The molecular formula is C34H36FN5O3. The number of nitrogens with one attached hydrogen (secondary N) is 2. The molecule has 8 nitrogen and oxygen atoms in total. The second-order valence-corrected chi connectivity index (χ2v) is 11.1. The fourth-order valence-electron chi connectivity index (χ4n) is 6.50. The number of hydrogen-bond acceptors (Lipinski definition) is 6. The zero-order valence-electron chi connectivity index (χ0n) is 24.8. The van der Waals surface area contributed by atoms with Gasteiger partial charge >= 0.3 is 0 Å². The van der Waals surface area contributed by atoms with Crippen LogP contribution < -0.4 is 15.6 Å². The van der Waals surface area contributed by atoms with Crippen molar-refractivity contribution in [3.8, 4) is 5.75 Å². The number of aromatic amines is 1. The third-order valence-electron chi connectivity index (χ3n) is 9.08. The predicted molar refractivity (Wildman–Crippen MR) is 165 cm³/mol. The van der Waals surface area contributed by atoms with E-state index in [0.29, 0.717) is 12.8 Å². The largest absolute Gasteiger partial charge is 0.497 e. The lowest BCUT2D eigenvalue weighted by molar-refractivity contribution is -0.0905. The molecule has 1 saturated heterocycles. The van der Waals surface area contributed by atoms with E-state index in [1.807, 2.05) is 106 Å². The Balaban J connectivity index is 1.53. The first-order valence-electron chi connectivity index (χ1n) is 14.7. The Kier molecular flexibility index (Phi) is 7.52. The normalized spacial score (nSPS) is 19.9. The molecule has 222 valence electrons. The Labute approximate surface area is 249 Å². The van der Waals surface area contributed by atoms with Gasteiger partial charge in [0, 0.05) is 5.92 Å². The van der Waals surface area contributed by atoms with Crippen LogP contribution in [-0.2, 0) is 10.3 Å². The molecule has 0 radical (unpaired) electrons. The number of fused-ring (bicyclic) bond motifs is 1. The summed E-state index contributed by atoms with van der Waals surface area (Å²) in [5.41, 5.74) is 1.11. The van der Waals surface area contributed by atoms with Crippen LogP contribution in [0.2, 0.25) is 0 Å². The van der Waals surface area contributed by atoms with Crippen LogP contribution in [0.3, 0.4) is 0 Å². The van der Waals surface area contributed by atoms with Crippen LogP contribution in [0.25, 0.3) is 11.2 Å². The molecule has 43 heavy (non-hydrogen) atoms. The van der Waals surface area contributed by atoms with Gasteiger partial charge in [-0.2, -0.15) is 4.98 Å². The molecule has 0 spiro atoms. The summed E-state index contributed by atoms with van der Waals surface area (Å²) in [6.45, 7) is 5.91.